The molecule has 2 rings (SSSR count). The molecule has 90 valence electrons. The molecule has 17 heavy (non-hydrogen) atoms. The lowest BCUT2D eigenvalue weighted by Crippen LogP contribution is -2.05. The lowest BCUT2D eigenvalue weighted by atomic mass is 10.1. The fourth-order valence-electron chi connectivity index (χ4n) is 1.42. The van der Waals surface area contributed by atoms with Crippen LogP contribution in [0, 0.1) is 0 Å². The van der Waals surface area contributed by atoms with Crippen molar-refractivity contribution in [2.45, 2.75) is 6.18 Å². The first-order chi connectivity index (χ1) is 7.91. The topological polar surface area (TPSA) is 52.0 Å². The van der Waals surface area contributed by atoms with Crippen molar-refractivity contribution in [3.8, 4) is 11.1 Å². The van der Waals surface area contributed by atoms with Gasteiger partial charge in [0.1, 0.15) is 0 Å². The Balaban J connectivity index is 2.68. The summed E-state index contributed by atoms with van der Waals surface area (Å²) >= 11 is 3.16. The van der Waals surface area contributed by atoms with Crippen LogP contribution in [-0.2, 0) is 6.18 Å². The van der Waals surface area contributed by atoms with Crippen molar-refractivity contribution >= 4 is 21.7 Å². The summed E-state index contributed by atoms with van der Waals surface area (Å²) in [6.07, 6.45) is -4.63. The Morgan fingerprint density at radius 1 is 1.24 bits per heavy atom. The number of nitrogens with zero attached hydrogens (tertiary/aromatic N) is 1. The predicted molar refractivity (Wildman–Crippen MR) is 59.1 cm³/mol. The van der Waals surface area contributed by atoms with Gasteiger partial charge in [-0.3, -0.25) is 0 Å². The number of halogens is 4. The van der Waals surface area contributed by atoms with E-state index in [0.29, 0.717) is 10.0 Å². The van der Waals surface area contributed by atoms with Crippen LogP contribution in [0.2, 0.25) is 0 Å². The van der Waals surface area contributed by atoms with Crippen molar-refractivity contribution in [1.82, 2.24) is 5.16 Å². The SMILES string of the molecule is Nc1noc(C(F)(F)F)c1-c1ccccc1Br. The molecule has 0 aliphatic heterocycles. The van der Waals surface area contributed by atoms with Gasteiger partial charge in [-0.25, -0.2) is 0 Å². The molecule has 0 radical (unpaired) electrons. The zero-order valence-electron chi connectivity index (χ0n) is 8.25. The highest BCUT2D eigenvalue weighted by Crippen LogP contribution is 2.42. The summed E-state index contributed by atoms with van der Waals surface area (Å²) in [6.45, 7) is 0. The van der Waals surface area contributed by atoms with Crippen LogP contribution >= 0.6 is 15.9 Å². The van der Waals surface area contributed by atoms with Crippen LogP contribution in [0.1, 0.15) is 5.76 Å². The number of alkyl halides is 3. The van der Waals surface area contributed by atoms with Crippen LogP contribution in [0.5, 0.6) is 0 Å². The Hall–Kier alpha value is -1.50. The Labute approximate surface area is 103 Å². The first kappa shape index (κ1) is 12.0. The zero-order chi connectivity index (χ0) is 12.6. The van der Waals surface area contributed by atoms with Crippen LogP contribution in [0.15, 0.2) is 33.3 Å². The number of rotatable bonds is 1. The van der Waals surface area contributed by atoms with Gasteiger partial charge in [-0.05, 0) is 6.07 Å². The molecule has 1 aromatic carbocycles. The van der Waals surface area contributed by atoms with E-state index in [2.05, 4.69) is 25.6 Å². The van der Waals surface area contributed by atoms with Gasteiger partial charge in [0, 0.05) is 10.0 Å². The molecular weight excluding hydrogens is 301 g/mol. The lowest BCUT2D eigenvalue weighted by Gasteiger charge is -2.07. The fourth-order valence-corrected chi connectivity index (χ4v) is 1.90. The van der Waals surface area contributed by atoms with Gasteiger partial charge < -0.3 is 10.3 Å². The molecule has 2 N–H and O–H groups in total. The third-order valence-electron chi connectivity index (χ3n) is 2.12. The maximum Gasteiger partial charge on any atom is 0.453 e. The molecule has 1 aromatic heterocycles. The Bertz CT molecular complexity index is 551. The summed E-state index contributed by atoms with van der Waals surface area (Å²) in [6, 6.07) is 6.40. The molecule has 0 fully saturated rings. The standard InChI is InChI=1S/C10H6BrF3N2O/c11-6-4-2-1-3-5(6)7-8(10(12,13)14)17-16-9(7)15/h1-4H,(H2,15,16). The second-order valence-electron chi connectivity index (χ2n) is 3.25. The molecule has 0 saturated carbocycles. The highest BCUT2D eigenvalue weighted by atomic mass is 79.9. The average Bonchev–Trinajstić information content (AvgIpc) is 2.60. The van der Waals surface area contributed by atoms with Crippen LogP contribution in [0.4, 0.5) is 19.0 Å². The van der Waals surface area contributed by atoms with Gasteiger partial charge >= 0.3 is 6.18 Å². The number of nitrogen functional groups attached to an aromatic ring is 1. The minimum Gasteiger partial charge on any atom is -0.380 e. The number of nitrogens with two attached hydrogens (primary N) is 1. The molecule has 7 heteroatoms. The Kier molecular flexibility index (Phi) is 2.86. The van der Waals surface area contributed by atoms with E-state index in [9.17, 15) is 13.2 Å². The minimum atomic E-state index is -4.63. The first-order valence-electron chi connectivity index (χ1n) is 4.48. The molecular formula is C10H6BrF3N2O. The van der Waals surface area contributed by atoms with Crippen molar-refractivity contribution in [1.29, 1.82) is 0 Å². The summed E-state index contributed by atoms with van der Waals surface area (Å²) in [5.74, 6) is -1.48. The summed E-state index contributed by atoms with van der Waals surface area (Å²) in [7, 11) is 0. The van der Waals surface area contributed by atoms with E-state index in [4.69, 9.17) is 5.73 Å². The monoisotopic (exact) mass is 306 g/mol. The molecule has 0 atom stereocenters. The predicted octanol–water partition coefficient (Wildman–Crippen LogP) is 3.71. The van der Waals surface area contributed by atoms with Crippen molar-refractivity contribution in [2.24, 2.45) is 0 Å². The second kappa shape index (κ2) is 4.06. The largest absolute Gasteiger partial charge is 0.453 e. The summed E-state index contributed by atoms with van der Waals surface area (Å²) in [5.41, 5.74) is 5.46. The fraction of sp³-hybridized carbons (Fsp3) is 0.100. The number of hydrogen-bond donors (Lipinski definition) is 1. The van der Waals surface area contributed by atoms with E-state index in [1.165, 1.54) is 6.07 Å². The van der Waals surface area contributed by atoms with E-state index in [1.807, 2.05) is 0 Å². The van der Waals surface area contributed by atoms with Crippen molar-refractivity contribution < 1.29 is 17.7 Å². The molecule has 3 nitrogen and oxygen atoms in total. The van der Waals surface area contributed by atoms with Crippen LogP contribution in [-0.4, -0.2) is 5.16 Å². The quantitative estimate of drug-likeness (QED) is 0.874. The molecule has 2 aromatic rings. The molecule has 1 heterocycles. The maximum absolute atomic E-state index is 12.7. The van der Waals surface area contributed by atoms with Gasteiger partial charge in [0.15, 0.2) is 5.82 Å². The highest BCUT2D eigenvalue weighted by molar-refractivity contribution is 9.10. The smallest absolute Gasteiger partial charge is 0.380 e. The van der Waals surface area contributed by atoms with Crippen molar-refractivity contribution in [2.75, 3.05) is 5.73 Å². The van der Waals surface area contributed by atoms with E-state index < -0.39 is 11.9 Å². The van der Waals surface area contributed by atoms with E-state index >= 15 is 0 Å². The van der Waals surface area contributed by atoms with Gasteiger partial charge in [0.25, 0.3) is 0 Å². The molecule has 0 bridgehead atoms. The highest BCUT2D eigenvalue weighted by Gasteiger charge is 2.40. The van der Waals surface area contributed by atoms with Crippen molar-refractivity contribution in [3.05, 3.63) is 34.5 Å². The lowest BCUT2D eigenvalue weighted by molar-refractivity contribution is -0.154. The number of aromatic nitrogens is 1. The second-order valence-corrected chi connectivity index (χ2v) is 4.10. The molecule has 0 amide bonds. The maximum atomic E-state index is 12.7. The van der Waals surface area contributed by atoms with Crippen LogP contribution in [0.25, 0.3) is 11.1 Å². The van der Waals surface area contributed by atoms with Gasteiger partial charge in [-0.15, -0.1) is 0 Å². The molecule has 0 aliphatic rings. The zero-order valence-corrected chi connectivity index (χ0v) is 9.84. The Morgan fingerprint density at radius 2 is 1.88 bits per heavy atom. The van der Waals surface area contributed by atoms with Gasteiger partial charge in [0.05, 0.1) is 5.56 Å². The van der Waals surface area contributed by atoms with E-state index in [1.54, 1.807) is 18.2 Å². The third kappa shape index (κ3) is 2.14. The van der Waals surface area contributed by atoms with Gasteiger partial charge in [-0.1, -0.05) is 39.3 Å². The first-order valence-corrected chi connectivity index (χ1v) is 5.28. The van der Waals surface area contributed by atoms with Gasteiger partial charge in [-0.2, -0.15) is 13.2 Å². The molecule has 0 unspecified atom stereocenters. The third-order valence-corrected chi connectivity index (χ3v) is 2.81. The molecule has 0 spiro atoms. The van der Waals surface area contributed by atoms with E-state index in [0.717, 1.165) is 0 Å². The van der Waals surface area contributed by atoms with Gasteiger partial charge in [0.2, 0.25) is 5.76 Å². The molecule has 0 saturated heterocycles. The summed E-state index contributed by atoms with van der Waals surface area (Å²) in [4.78, 5) is 0. The van der Waals surface area contributed by atoms with E-state index in [-0.39, 0.29) is 11.4 Å². The summed E-state index contributed by atoms with van der Waals surface area (Å²) < 4.78 is 42.8. The average molecular weight is 307 g/mol. The Morgan fingerprint density at radius 3 is 2.47 bits per heavy atom. The van der Waals surface area contributed by atoms with Crippen LogP contribution < -0.4 is 5.73 Å². The normalized spacial score (nSPS) is 11.8. The number of anilines is 1. The van der Waals surface area contributed by atoms with Crippen LogP contribution in [0.3, 0.4) is 0 Å². The minimum absolute atomic E-state index is 0.245. The number of hydrogen-bond acceptors (Lipinski definition) is 3. The number of benzene rings is 1. The summed E-state index contributed by atoms with van der Waals surface area (Å²) in [5, 5.41) is 3.16. The molecule has 0 aliphatic carbocycles. The van der Waals surface area contributed by atoms with Crippen molar-refractivity contribution in [3.63, 3.8) is 0 Å².